The SMILES string of the molecule is CCCCCCCC/C=C/CCCCCCCCCCCC(=O)OC(/C=C/CCCCCCCCCCC)C(COP(=O)([O-])OCC[N+](C)(C)C)NC(=O)CCCCCCCCCCCCCCCCCCCCCCCCCCC. The second kappa shape index (κ2) is 61.6. The molecule has 0 radical (unpaired) electrons. The fourth-order valence-corrected chi connectivity index (χ4v) is 11.6. The minimum Gasteiger partial charge on any atom is -0.756 e. The van der Waals surface area contributed by atoms with Gasteiger partial charge in [-0.05, 0) is 57.4 Å². The molecule has 0 saturated heterocycles. The first-order valence-corrected chi connectivity index (χ1v) is 37.1. The van der Waals surface area contributed by atoms with Crippen LogP contribution < -0.4 is 10.2 Å². The number of likely N-dealkylation sites (N-methyl/N-ethyl adjacent to an activating group) is 1. The summed E-state index contributed by atoms with van der Waals surface area (Å²) in [5, 5.41) is 3.05. The first kappa shape index (κ1) is 79.5. The highest BCUT2D eigenvalue weighted by atomic mass is 31.2. The van der Waals surface area contributed by atoms with Crippen molar-refractivity contribution in [2.45, 2.75) is 380 Å². The maximum Gasteiger partial charge on any atom is 0.306 e. The third-order valence-corrected chi connectivity index (χ3v) is 17.3. The quantitative estimate of drug-likeness (QED) is 0.0212. The van der Waals surface area contributed by atoms with Gasteiger partial charge in [0.15, 0.2) is 0 Å². The van der Waals surface area contributed by atoms with Crippen LogP contribution in [0.1, 0.15) is 367 Å². The molecule has 0 aliphatic heterocycles. The zero-order chi connectivity index (χ0) is 59.3. The zero-order valence-corrected chi connectivity index (χ0v) is 55.9. The number of nitrogens with zero attached hydrogens (tertiary/aromatic N) is 1. The molecule has 0 aromatic heterocycles. The predicted molar refractivity (Wildman–Crippen MR) is 349 cm³/mol. The number of ether oxygens (including phenoxy) is 1. The second-order valence-corrected chi connectivity index (χ2v) is 27.2. The van der Waals surface area contributed by atoms with Crippen LogP contribution in [-0.4, -0.2) is 69.4 Å². The van der Waals surface area contributed by atoms with E-state index in [4.69, 9.17) is 13.8 Å². The summed E-state index contributed by atoms with van der Waals surface area (Å²) in [4.78, 5) is 40.1. The lowest BCUT2D eigenvalue weighted by Crippen LogP contribution is -2.47. The Kier molecular flexibility index (Phi) is 60.4. The summed E-state index contributed by atoms with van der Waals surface area (Å²) >= 11 is 0. The van der Waals surface area contributed by atoms with Crippen LogP contribution in [0.25, 0.3) is 0 Å². The Hall–Kier alpha value is -1.51. The largest absolute Gasteiger partial charge is 0.756 e. The molecule has 1 amide bonds. The number of rotatable bonds is 66. The number of carbonyl (C=O) groups excluding carboxylic acids is 2. The number of nitrogens with one attached hydrogen (secondary N) is 1. The van der Waals surface area contributed by atoms with E-state index in [2.05, 4.69) is 38.2 Å². The van der Waals surface area contributed by atoms with E-state index in [0.717, 1.165) is 57.8 Å². The minimum atomic E-state index is -4.70. The number of phosphoric acid groups is 1. The van der Waals surface area contributed by atoms with Gasteiger partial charge in [0.25, 0.3) is 7.82 Å². The molecule has 0 fully saturated rings. The van der Waals surface area contributed by atoms with Crippen LogP contribution in [0.15, 0.2) is 24.3 Å². The fraction of sp³-hybridized carbons (Fsp3) is 0.915. The van der Waals surface area contributed by atoms with Crippen LogP contribution in [-0.2, 0) is 27.9 Å². The van der Waals surface area contributed by atoms with Gasteiger partial charge in [-0.15, -0.1) is 0 Å². The summed E-state index contributed by atoms with van der Waals surface area (Å²) in [6.07, 6.45) is 74.5. The maximum atomic E-state index is 13.6. The number of esters is 1. The summed E-state index contributed by atoms with van der Waals surface area (Å²) in [6, 6.07) is -0.884. The highest BCUT2D eigenvalue weighted by Gasteiger charge is 2.27. The van der Waals surface area contributed by atoms with Crippen LogP contribution in [0.5, 0.6) is 0 Å². The van der Waals surface area contributed by atoms with Gasteiger partial charge >= 0.3 is 5.97 Å². The number of phosphoric ester groups is 1. The summed E-state index contributed by atoms with van der Waals surface area (Å²) in [5.41, 5.74) is 0. The normalized spacial score (nSPS) is 13.6. The van der Waals surface area contributed by atoms with Crippen molar-refractivity contribution in [2.75, 3.05) is 40.9 Å². The molecule has 0 bridgehead atoms. The van der Waals surface area contributed by atoms with Crippen LogP contribution in [0.4, 0.5) is 0 Å². The maximum absolute atomic E-state index is 13.6. The van der Waals surface area contributed by atoms with Gasteiger partial charge in [0, 0.05) is 12.8 Å². The number of hydrogen-bond acceptors (Lipinski definition) is 7. The van der Waals surface area contributed by atoms with Crippen molar-refractivity contribution in [1.29, 1.82) is 0 Å². The highest BCUT2D eigenvalue weighted by Crippen LogP contribution is 2.38. The Morgan fingerprint density at radius 2 is 0.716 bits per heavy atom. The third kappa shape index (κ3) is 62.8. The van der Waals surface area contributed by atoms with Crippen LogP contribution >= 0.6 is 7.82 Å². The smallest absolute Gasteiger partial charge is 0.306 e. The van der Waals surface area contributed by atoms with E-state index in [-0.39, 0.29) is 31.5 Å². The van der Waals surface area contributed by atoms with Crippen molar-refractivity contribution in [2.24, 2.45) is 0 Å². The second-order valence-electron chi connectivity index (χ2n) is 25.7. The van der Waals surface area contributed by atoms with Crippen molar-refractivity contribution >= 4 is 19.7 Å². The lowest BCUT2D eigenvalue weighted by Gasteiger charge is -2.30. The van der Waals surface area contributed by atoms with Gasteiger partial charge in [-0.25, -0.2) is 0 Å². The summed E-state index contributed by atoms with van der Waals surface area (Å²) < 4.78 is 30.4. The summed E-state index contributed by atoms with van der Waals surface area (Å²) in [7, 11) is 1.20. The van der Waals surface area contributed by atoms with Gasteiger partial charge in [-0.1, -0.05) is 322 Å². The van der Waals surface area contributed by atoms with E-state index in [9.17, 15) is 19.0 Å². The number of amides is 1. The van der Waals surface area contributed by atoms with Crippen LogP contribution in [0.2, 0.25) is 0 Å². The van der Waals surface area contributed by atoms with Gasteiger partial charge in [0.05, 0.1) is 33.8 Å². The molecule has 0 aromatic rings. The molecule has 0 heterocycles. The molecule has 3 unspecified atom stereocenters. The van der Waals surface area contributed by atoms with E-state index >= 15 is 0 Å². The Labute approximate surface area is 504 Å². The van der Waals surface area contributed by atoms with Gasteiger partial charge in [0.2, 0.25) is 5.91 Å². The van der Waals surface area contributed by atoms with E-state index < -0.39 is 20.0 Å². The van der Waals surface area contributed by atoms with Crippen molar-refractivity contribution in [3.63, 3.8) is 0 Å². The number of quaternary nitrogens is 1. The van der Waals surface area contributed by atoms with Gasteiger partial charge in [0.1, 0.15) is 19.3 Å². The molecule has 9 nitrogen and oxygen atoms in total. The Bertz CT molecular complexity index is 1430. The van der Waals surface area contributed by atoms with Crippen molar-refractivity contribution in [3.8, 4) is 0 Å². The lowest BCUT2D eigenvalue weighted by atomic mass is 10.0. The first-order valence-electron chi connectivity index (χ1n) is 35.6. The Balaban J connectivity index is 4.97. The average molecular weight is 1160 g/mol. The van der Waals surface area contributed by atoms with Crippen LogP contribution in [0.3, 0.4) is 0 Å². The third-order valence-electron chi connectivity index (χ3n) is 16.4. The van der Waals surface area contributed by atoms with Gasteiger partial charge in [-0.3, -0.25) is 14.2 Å². The van der Waals surface area contributed by atoms with Crippen molar-refractivity contribution in [1.82, 2.24) is 5.32 Å². The fourth-order valence-electron chi connectivity index (χ4n) is 10.9. The molecule has 10 heteroatoms. The number of hydrogen-bond donors (Lipinski definition) is 1. The highest BCUT2D eigenvalue weighted by molar-refractivity contribution is 7.45. The number of allylic oxidation sites excluding steroid dienone is 3. The molecule has 1 N–H and O–H groups in total. The van der Waals surface area contributed by atoms with Gasteiger partial charge < -0.3 is 28.5 Å². The molecule has 3 atom stereocenters. The molecule has 0 aliphatic carbocycles. The topological polar surface area (TPSA) is 114 Å². The lowest BCUT2D eigenvalue weighted by molar-refractivity contribution is -0.870. The van der Waals surface area contributed by atoms with Crippen molar-refractivity contribution < 1.29 is 37.3 Å². The molecule has 0 aromatic carbocycles. The Morgan fingerprint density at radius 1 is 0.420 bits per heavy atom. The molecule has 0 spiro atoms. The molecular formula is C71H139N2O7P. The average Bonchev–Trinajstić information content (AvgIpc) is 3.44. The molecular weight excluding hydrogens is 1020 g/mol. The first-order chi connectivity index (χ1) is 39.4. The molecule has 0 aliphatic rings. The van der Waals surface area contributed by atoms with E-state index in [1.54, 1.807) is 0 Å². The van der Waals surface area contributed by atoms with E-state index in [1.807, 2.05) is 33.3 Å². The zero-order valence-electron chi connectivity index (χ0n) is 55.0. The molecule has 81 heavy (non-hydrogen) atoms. The number of unbranched alkanes of at least 4 members (excludes halogenated alkanes) is 48. The molecule has 0 rings (SSSR count). The van der Waals surface area contributed by atoms with E-state index in [1.165, 1.54) is 276 Å². The number of carbonyl (C=O) groups is 2. The standard InChI is InChI=1S/C71H139N2O7P/c1-7-10-13-16-19-22-25-27-29-31-33-34-35-36-37-38-40-41-43-45-48-51-54-57-60-63-70(74)72-68(67-79-81(76,77)78-66-65-73(4,5)6)69(62-59-56-53-50-47-24-21-18-15-12-9-3)80-71(75)64-61-58-55-52-49-46-44-42-39-32-30-28-26-23-20-17-14-11-8-2/h28,30,59,62,68-69H,7-27,29,31-58,60-61,63-67H2,1-6H3,(H-,72,74,76,77)/b30-28+,62-59+. The van der Waals surface area contributed by atoms with Crippen molar-refractivity contribution in [3.05, 3.63) is 24.3 Å². The summed E-state index contributed by atoms with van der Waals surface area (Å²) in [6.45, 7) is 6.90. The van der Waals surface area contributed by atoms with Crippen LogP contribution in [0, 0.1) is 0 Å². The summed E-state index contributed by atoms with van der Waals surface area (Å²) in [5.74, 6) is -0.522. The van der Waals surface area contributed by atoms with Gasteiger partial charge in [-0.2, -0.15) is 0 Å². The van der Waals surface area contributed by atoms with E-state index in [0.29, 0.717) is 17.4 Å². The molecule has 0 saturated carbocycles. The predicted octanol–water partition coefficient (Wildman–Crippen LogP) is 21.8. The molecule has 480 valence electrons. The monoisotopic (exact) mass is 1160 g/mol. The minimum absolute atomic E-state index is 0.0186. The Morgan fingerprint density at radius 3 is 1.05 bits per heavy atom.